The molecule has 0 radical (unpaired) electrons. The third kappa shape index (κ3) is 5.09. The van der Waals surface area contributed by atoms with Crippen molar-refractivity contribution >= 4 is 17.6 Å². The zero-order chi connectivity index (χ0) is 19.1. The molecule has 0 fully saturated rings. The fourth-order valence-corrected chi connectivity index (χ4v) is 2.56. The number of benzene rings is 2. The van der Waals surface area contributed by atoms with Crippen LogP contribution in [0.5, 0.6) is 5.75 Å². The lowest BCUT2D eigenvalue weighted by atomic mass is 10.0. The van der Waals surface area contributed by atoms with E-state index in [1.165, 1.54) is 0 Å². The number of esters is 1. The Labute approximate surface area is 154 Å². The Kier molecular flexibility index (Phi) is 6.78. The molecule has 0 heterocycles. The van der Waals surface area contributed by atoms with Crippen molar-refractivity contribution in [1.29, 1.82) is 0 Å². The molecule has 0 aliphatic rings. The predicted molar refractivity (Wildman–Crippen MR) is 102 cm³/mol. The van der Waals surface area contributed by atoms with Gasteiger partial charge in [0.15, 0.2) is 6.61 Å². The second-order valence-electron chi connectivity index (χ2n) is 6.28. The predicted octanol–water partition coefficient (Wildman–Crippen LogP) is 4.31. The number of carbonyl (C=O) groups is 2. The molecule has 2 aromatic rings. The molecule has 0 unspecified atom stereocenters. The molecule has 2 rings (SSSR count). The maximum absolute atomic E-state index is 12.2. The van der Waals surface area contributed by atoms with E-state index in [4.69, 9.17) is 9.47 Å². The fourth-order valence-electron chi connectivity index (χ4n) is 2.56. The van der Waals surface area contributed by atoms with Gasteiger partial charge in [-0.05, 0) is 55.2 Å². The lowest BCUT2D eigenvalue weighted by Gasteiger charge is -2.14. The molecule has 0 spiro atoms. The van der Waals surface area contributed by atoms with E-state index >= 15 is 0 Å². The van der Waals surface area contributed by atoms with Crippen LogP contribution in [0.3, 0.4) is 0 Å². The minimum absolute atomic E-state index is 0.0806. The van der Waals surface area contributed by atoms with Crippen molar-refractivity contribution in [3.8, 4) is 5.75 Å². The number of carbonyl (C=O) groups excluding carboxylic acids is 2. The highest BCUT2D eigenvalue weighted by atomic mass is 16.5. The molecule has 26 heavy (non-hydrogen) atoms. The summed E-state index contributed by atoms with van der Waals surface area (Å²) >= 11 is 0. The molecule has 0 aliphatic carbocycles. The molecule has 138 valence electrons. The molecule has 0 atom stereocenters. The van der Waals surface area contributed by atoms with Crippen molar-refractivity contribution in [2.45, 2.75) is 33.6 Å². The van der Waals surface area contributed by atoms with Gasteiger partial charge in [-0.1, -0.05) is 32.0 Å². The Bertz CT molecular complexity index is 783. The smallest absolute Gasteiger partial charge is 0.338 e. The number of nitrogens with one attached hydrogen (secondary N) is 1. The second kappa shape index (κ2) is 9.04. The highest BCUT2D eigenvalue weighted by Crippen LogP contribution is 2.26. The largest absolute Gasteiger partial charge is 0.483 e. The zero-order valence-corrected chi connectivity index (χ0v) is 15.7. The summed E-state index contributed by atoms with van der Waals surface area (Å²) in [5, 5.41) is 2.81. The lowest BCUT2D eigenvalue weighted by Crippen LogP contribution is -2.21. The first-order valence-corrected chi connectivity index (χ1v) is 8.71. The monoisotopic (exact) mass is 355 g/mol. The van der Waals surface area contributed by atoms with Gasteiger partial charge >= 0.3 is 5.97 Å². The number of amides is 1. The number of anilines is 1. The first-order valence-electron chi connectivity index (χ1n) is 8.71. The summed E-state index contributed by atoms with van der Waals surface area (Å²) in [6, 6.07) is 12.7. The van der Waals surface area contributed by atoms with Crippen molar-refractivity contribution in [3.63, 3.8) is 0 Å². The van der Waals surface area contributed by atoms with E-state index < -0.39 is 0 Å². The molecule has 0 aliphatic heterocycles. The number of ether oxygens (including phenoxy) is 2. The number of rotatable bonds is 7. The normalized spacial score (nSPS) is 10.5. The average molecular weight is 355 g/mol. The van der Waals surface area contributed by atoms with Crippen LogP contribution in [0.4, 0.5) is 5.69 Å². The molecule has 5 heteroatoms. The molecule has 2 aromatic carbocycles. The molecular formula is C21H25NO4. The van der Waals surface area contributed by atoms with Crippen LogP contribution >= 0.6 is 0 Å². The van der Waals surface area contributed by atoms with Crippen LogP contribution in [-0.4, -0.2) is 25.1 Å². The highest BCUT2D eigenvalue weighted by molar-refractivity contribution is 5.94. The Morgan fingerprint density at radius 2 is 1.85 bits per heavy atom. The molecule has 1 amide bonds. The van der Waals surface area contributed by atoms with Crippen molar-refractivity contribution in [2.75, 3.05) is 18.5 Å². The van der Waals surface area contributed by atoms with E-state index in [2.05, 4.69) is 19.2 Å². The summed E-state index contributed by atoms with van der Waals surface area (Å²) in [6.07, 6.45) is 0. The van der Waals surface area contributed by atoms with Crippen molar-refractivity contribution in [2.24, 2.45) is 0 Å². The molecule has 5 nitrogen and oxygen atoms in total. The topological polar surface area (TPSA) is 64.6 Å². The minimum Gasteiger partial charge on any atom is -0.483 e. The summed E-state index contributed by atoms with van der Waals surface area (Å²) in [5.41, 5.74) is 2.95. The molecule has 0 saturated heterocycles. The number of aryl methyl sites for hydroxylation is 1. The Hall–Kier alpha value is -2.82. The first-order chi connectivity index (χ1) is 12.4. The van der Waals surface area contributed by atoms with Gasteiger partial charge in [-0.2, -0.15) is 0 Å². The van der Waals surface area contributed by atoms with Gasteiger partial charge < -0.3 is 14.8 Å². The van der Waals surface area contributed by atoms with Crippen LogP contribution < -0.4 is 10.1 Å². The lowest BCUT2D eigenvalue weighted by molar-refractivity contribution is -0.118. The van der Waals surface area contributed by atoms with Crippen LogP contribution in [-0.2, 0) is 9.53 Å². The van der Waals surface area contributed by atoms with E-state index in [0.717, 1.165) is 11.1 Å². The highest BCUT2D eigenvalue weighted by Gasteiger charge is 2.12. The third-order valence-corrected chi connectivity index (χ3v) is 3.91. The average Bonchev–Trinajstić information content (AvgIpc) is 2.62. The van der Waals surface area contributed by atoms with Gasteiger partial charge in [0.05, 0.1) is 12.2 Å². The minimum atomic E-state index is -0.373. The summed E-state index contributed by atoms with van der Waals surface area (Å²) in [4.78, 5) is 24.0. The second-order valence-corrected chi connectivity index (χ2v) is 6.28. The summed E-state index contributed by atoms with van der Waals surface area (Å²) in [5.74, 6) is 0.400. The van der Waals surface area contributed by atoms with Crippen LogP contribution in [0.1, 0.15) is 48.2 Å². The van der Waals surface area contributed by atoms with Crippen LogP contribution in [0.15, 0.2) is 42.5 Å². The standard InChI is InChI=1S/C21H25NO4/c1-5-25-21(24)16-10-11-18(15(4)12-16)22-20(23)13-26-19-9-7-6-8-17(19)14(2)3/h6-12,14H,5,13H2,1-4H3,(H,22,23). The summed E-state index contributed by atoms with van der Waals surface area (Å²) in [6.45, 7) is 7.99. The van der Waals surface area contributed by atoms with Crippen molar-refractivity contribution in [1.82, 2.24) is 0 Å². The van der Waals surface area contributed by atoms with Crippen LogP contribution in [0.25, 0.3) is 0 Å². The number of hydrogen-bond donors (Lipinski definition) is 1. The zero-order valence-electron chi connectivity index (χ0n) is 15.7. The van der Waals surface area contributed by atoms with Gasteiger partial charge in [-0.25, -0.2) is 4.79 Å². The van der Waals surface area contributed by atoms with Gasteiger partial charge in [0.1, 0.15) is 5.75 Å². The summed E-state index contributed by atoms with van der Waals surface area (Å²) in [7, 11) is 0. The quantitative estimate of drug-likeness (QED) is 0.752. The van der Waals surface area contributed by atoms with Gasteiger partial charge in [-0.15, -0.1) is 0 Å². The van der Waals surface area contributed by atoms with Crippen molar-refractivity contribution < 1.29 is 19.1 Å². The molecule has 0 bridgehead atoms. The van der Waals surface area contributed by atoms with E-state index in [1.807, 2.05) is 31.2 Å². The van der Waals surface area contributed by atoms with Crippen LogP contribution in [0, 0.1) is 6.92 Å². The fraction of sp³-hybridized carbons (Fsp3) is 0.333. The Balaban J connectivity index is 1.99. The van der Waals surface area contributed by atoms with Crippen molar-refractivity contribution in [3.05, 3.63) is 59.2 Å². The maximum atomic E-state index is 12.2. The Morgan fingerprint density at radius 1 is 1.12 bits per heavy atom. The molecule has 0 saturated carbocycles. The Morgan fingerprint density at radius 3 is 2.50 bits per heavy atom. The molecular weight excluding hydrogens is 330 g/mol. The molecule has 0 aromatic heterocycles. The van der Waals surface area contributed by atoms with Gasteiger partial charge in [0.25, 0.3) is 5.91 Å². The number of para-hydroxylation sites is 1. The van der Waals surface area contributed by atoms with E-state index in [9.17, 15) is 9.59 Å². The van der Waals surface area contributed by atoms with E-state index in [1.54, 1.807) is 25.1 Å². The number of hydrogen-bond acceptors (Lipinski definition) is 4. The van der Waals surface area contributed by atoms with Crippen LogP contribution in [0.2, 0.25) is 0 Å². The van der Waals surface area contributed by atoms with Gasteiger partial charge in [0.2, 0.25) is 0 Å². The first kappa shape index (κ1) is 19.5. The van der Waals surface area contributed by atoms with Gasteiger partial charge in [0, 0.05) is 5.69 Å². The maximum Gasteiger partial charge on any atom is 0.338 e. The SMILES string of the molecule is CCOC(=O)c1ccc(NC(=O)COc2ccccc2C(C)C)c(C)c1. The van der Waals surface area contributed by atoms with E-state index in [0.29, 0.717) is 29.5 Å². The molecule has 1 N–H and O–H groups in total. The van der Waals surface area contributed by atoms with E-state index in [-0.39, 0.29) is 18.5 Å². The third-order valence-electron chi connectivity index (χ3n) is 3.91. The summed E-state index contributed by atoms with van der Waals surface area (Å²) < 4.78 is 10.7. The van der Waals surface area contributed by atoms with Gasteiger partial charge in [-0.3, -0.25) is 4.79 Å².